The molecule has 0 aliphatic heterocycles. The normalized spacial score (nSPS) is 20.1. The molecule has 0 aromatic heterocycles. The molecule has 7 nitrogen and oxygen atoms in total. The molecular weight excluding hydrogens is 444 g/mol. The molecule has 186 valence electrons. The highest BCUT2D eigenvalue weighted by Gasteiger charge is 2.33. The van der Waals surface area contributed by atoms with Crippen molar-refractivity contribution in [3.05, 3.63) is 59.7 Å². The highest BCUT2D eigenvalue weighted by molar-refractivity contribution is 5.86. The summed E-state index contributed by atoms with van der Waals surface area (Å²) in [6, 6.07) is 15.0. The summed E-state index contributed by atoms with van der Waals surface area (Å²) in [4.78, 5) is 37.5. The zero-order chi connectivity index (χ0) is 24.8. The number of fused-ring (bicyclic) bond motifs is 3. The number of hydrogen-bond acceptors (Lipinski definition) is 4. The first-order valence-corrected chi connectivity index (χ1v) is 12.6. The number of ether oxygens (including phenoxy) is 1. The van der Waals surface area contributed by atoms with Gasteiger partial charge >= 0.3 is 12.1 Å². The van der Waals surface area contributed by atoms with Crippen molar-refractivity contribution < 1.29 is 24.2 Å². The molecule has 0 bridgehead atoms. The minimum Gasteiger partial charge on any atom is -0.481 e. The van der Waals surface area contributed by atoms with Gasteiger partial charge in [0.15, 0.2) is 0 Å². The van der Waals surface area contributed by atoms with E-state index >= 15 is 0 Å². The molecule has 2 aromatic carbocycles. The van der Waals surface area contributed by atoms with E-state index in [4.69, 9.17) is 4.74 Å². The number of aliphatic carboxylic acids is 1. The van der Waals surface area contributed by atoms with Crippen molar-refractivity contribution in [2.24, 2.45) is 5.92 Å². The van der Waals surface area contributed by atoms with Gasteiger partial charge in [-0.05, 0) is 41.5 Å². The van der Waals surface area contributed by atoms with Gasteiger partial charge in [0.25, 0.3) is 0 Å². The Labute approximate surface area is 206 Å². The molecule has 0 saturated heterocycles. The third-order valence-electron chi connectivity index (χ3n) is 7.19. The van der Waals surface area contributed by atoms with Gasteiger partial charge in [0.2, 0.25) is 5.91 Å². The van der Waals surface area contributed by atoms with Crippen LogP contribution >= 0.6 is 0 Å². The fourth-order valence-corrected chi connectivity index (χ4v) is 5.40. The Kier molecular flexibility index (Phi) is 8.06. The van der Waals surface area contributed by atoms with E-state index < -0.39 is 30.1 Å². The van der Waals surface area contributed by atoms with Gasteiger partial charge in [0.05, 0.1) is 5.92 Å². The second-order valence-corrected chi connectivity index (χ2v) is 9.51. The van der Waals surface area contributed by atoms with E-state index in [1.165, 1.54) is 0 Å². The molecule has 3 N–H and O–H groups in total. The van der Waals surface area contributed by atoms with Crippen molar-refractivity contribution in [1.82, 2.24) is 10.6 Å². The van der Waals surface area contributed by atoms with Crippen molar-refractivity contribution in [3.63, 3.8) is 0 Å². The third kappa shape index (κ3) is 5.66. The molecule has 1 saturated carbocycles. The van der Waals surface area contributed by atoms with Crippen molar-refractivity contribution in [1.29, 1.82) is 0 Å². The topological polar surface area (TPSA) is 105 Å². The maximum absolute atomic E-state index is 13.0. The lowest BCUT2D eigenvalue weighted by Crippen LogP contribution is -2.52. The predicted molar refractivity (Wildman–Crippen MR) is 133 cm³/mol. The monoisotopic (exact) mass is 478 g/mol. The zero-order valence-electron chi connectivity index (χ0n) is 20.2. The summed E-state index contributed by atoms with van der Waals surface area (Å²) in [6.45, 7) is 2.11. The fourth-order valence-electron chi connectivity index (χ4n) is 5.40. The quantitative estimate of drug-likeness (QED) is 0.471. The van der Waals surface area contributed by atoms with Crippen LogP contribution in [0.3, 0.4) is 0 Å². The lowest BCUT2D eigenvalue weighted by atomic mass is 9.94. The number of alkyl carbamates (subject to hydrolysis) is 1. The lowest BCUT2D eigenvalue weighted by Gasteiger charge is -2.26. The Hall–Kier alpha value is -3.35. The molecule has 1 fully saturated rings. The first-order chi connectivity index (χ1) is 17.0. The van der Waals surface area contributed by atoms with Crippen LogP contribution < -0.4 is 10.6 Å². The van der Waals surface area contributed by atoms with Crippen LogP contribution in [0, 0.1) is 5.92 Å². The number of amides is 2. The van der Waals surface area contributed by atoms with Gasteiger partial charge in [-0.25, -0.2) is 4.79 Å². The van der Waals surface area contributed by atoms with Crippen LogP contribution in [0.5, 0.6) is 0 Å². The number of nitrogens with one attached hydrogen (secondary N) is 2. The molecule has 35 heavy (non-hydrogen) atoms. The van der Waals surface area contributed by atoms with E-state index in [2.05, 4.69) is 34.9 Å². The molecule has 2 amide bonds. The highest BCUT2D eigenvalue weighted by Crippen LogP contribution is 2.44. The van der Waals surface area contributed by atoms with Gasteiger partial charge < -0.3 is 20.5 Å². The summed E-state index contributed by atoms with van der Waals surface area (Å²) in [5, 5.41) is 15.2. The number of hydrogen-bond donors (Lipinski definition) is 3. The minimum atomic E-state index is -0.881. The first kappa shape index (κ1) is 24.8. The standard InChI is InChI=1S/C28H34N2O5/c1-2-10-25(26(31)29-24-16-5-3-4-15-22(24)27(32)33)30-28(34)35-17-23-20-13-8-6-11-18(20)19-12-7-9-14-21(19)23/h6-9,11-14,22-25H,2-5,10,15-17H2,1H3,(H,29,31)(H,30,34)(H,32,33)/t22-,24+,25?/m1/s1. The SMILES string of the molecule is CCCC(NC(=O)OCC1c2ccccc2-c2ccccc21)C(=O)N[C@H]1CCCCC[C@H]1C(=O)O. The van der Waals surface area contributed by atoms with E-state index in [0.717, 1.165) is 41.5 Å². The fraction of sp³-hybridized carbons (Fsp3) is 0.464. The van der Waals surface area contributed by atoms with E-state index in [-0.39, 0.29) is 18.4 Å². The summed E-state index contributed by atoms with van der Waals surface area (Å²) < 4.78 is 5.61. The summed E-state index contributed by atoms with van der Waals surface area (Å²) in [5.41, 5.74) is 4.54. The maximum atomic E-state index is 13.0. The molecule has 0 spiro atoms. The summed E-state index contributed by atoms with van der Waals surface area (Å²) in [7, 11) is 0. The van der Waals surface area contributed by atoms with Crippen LogP contribution in [0.1, 0.15) is 68.9 Å². The number of carbonyl (C=O) groups excluding carboxylic acids is 2. The minimum absolute atomic E-state index is 0.0612. The maximum Gasteiger partial charge on any atom is 0.407 e. The highest BCUT2D eigenvalue weighted by atomic mass is 16.5. The van der Waals surface area contributed by atoms with Crippen molar-refractivity contribution in [2.75, 3.05) is 6.61 Å². The molecular formula is C28H34N2O5. The number of carboxylic acid groups (broad SMARTS) is 1. The van der Waals surface area contributed by atoms with Crippen LogP contribution in [0.4, 0.5) is 4.79 Å². The largest absolute Gasteiger partial charge is 0.481 e. The van der Waals surface area contributed by atoms with Gasteiger partial charge in [-0.2, -0.15) is 0 Å². The summed E-state index contributed by atoms with van der Waals surface area (Å²) in [6.07, 6.45) is 4.37. The van der Waals surface area contributed by atoms with Gasteiger partial charge in [-0.3, -0.25) is 9.59 Å². The Morgan fingerprint density at radius 1 is 0.971 bits per heavy atom. The second-order valence-electron chi connectivity index (χ2n) is 9.51. The Morgan fingerprint density at radius 2 is 1.60 bits per heavy atom. The van der Waals surface area contributed by atoms with Crippen LogP contribution in [0.25, 0.3) is 11.1 Å². The zero-order valence-corrected chi connectivity index (χ0v) is 20.2. The lowest BCUT2D eigenvalue weighted by molar-refractivity contribution is -0.143. The van der Waals surface area contributed by atoms with E-state index in [1.807, 2.05) is 31.2 Å². The molecule has 1 unspecified atom stereocenters. The van der Waals surface area contributed by atoms with Crippen LogP contribution in [-0.2, 0) is 14.3 Å². The molecule has 2 aliphatic carbocycles. The van der Waals surface area contributed by atoms with Crippen LogP contribution in [-0.4, -0.2) is 41.8 Å². The van der Waals surface area contributed by atoms with E-state index in [0.29, 0.717) is 25.7 Å². The Morgan fingerprint density at radius 3 is 2.23 bits per heavy atom. The van der Waals surface area contributed by atoms with Crippen LogP contribution in [0.15, 0.2) is 48.5 Å². The van der Waals surface area contributed by atoms with Gasteiger partial charge in [-0.15, -0.1) is 0 Å². The summed E-state index contributed by atoms with van der Waals surface area (Å²) in [5.74, 6) is -1.89. The Bertz CT molecular complexity index is 1020. The molecule has 0 heterocycles. The van der Waals surface area contributed by atoms with Gasteiger partial charge in [-0.1, -0.05) is 81.1 Å². The molecule has 3 atom stereocenters. The van der Waals surface area contributed by atoms with Crippen molar-refractivity contribution >= 4 is 18.0 Å². The molecule has 2 aromatic rings. The van der Waals surface area contributed by atoms with E-state index in [1.54, 1.807) is 0 Å². The number of benzene rings is 2. The molecule has 7 heteroatoms. The van der Waals surface area contributed by atoms with Gasteiger partial charge in [0.1, 0.15) is 12.6 Å². The summed E-state index contributed by atoms with van der Waals surface area (Å²) >= 11 is 0. The molecule has 4 rings (SSSR count). The van der Waals surface area contributed by atoms with Gasteiger partial charge in [0, 0.05) is 12.0 Å². The predicted octanol–water partition coefficient (Wildman–Crippen LogP) is 4.84. The third-order valence-corrected chi connectivity index (χ3v) is 7.19. The number of rotatable bonds is 8. The first-order valence-electron chi connectivity index (χ1n) is 12.6. The van der Waals surface area contributed by atoms with Crippen molar-refractivity contribution in [3.8, 4) is 11.1 Å². The number of carbonyl (C=O) groups is 3. The average Bonchev–Trinajstić information content (AvgIpc) is 2.98. The van der Waals surface area contributed by atoms with Crippen LogP contribution in [0.2, 0.25) is 0 Å². The number of carboxylic acids is 1. The second kappa shape index (κ2) is 11.4. The average molecular weight is 479 g/mol. The van der Waals surface area contributed by atoms with Crippen molar-refractivity contribution in [2.45, 2.75) is 69.9 Å². The molecule has 0 radical (unpaired) electrons. The molecule has 2 aliphatic rings. The van der Waals surface area contributed by atoms with E-state index in [9.17, 15) is 19.5 Å². The smallest absolute Gasteiger partial charge is 0.407 e. The Balaban J connectivity index is 1.38.